The van der Waals surface area contributed by atoms with E-state index in [0.29, 0.717) is 0 Å². The van der Waals surface area contributed by atoms with Crippen LogP contribution in [-0.4, -0.2) is 31.6 Å². The molecule has 0 aromatic carbocycles. The fourth-order valence-electron chi connectivity index (χ4n) is 1.84. The van der Waals surface area contributed by atoms with Gasteiger partial charge in [-0.25, -0.2) is 0 Å². The Morgan fingerprint density at radius 1 is 1.32 bits per heavy atom. The molecule has 19 heavy (non-hydrogen) atoms. The van der Waals surface area contributed by atoms with Crippen LogP contribution < -0.4 is 10.6 Å². The second-order valence-corrected chi connectivity index (χ2v) is 5.48. The van der Waals surface area contributed by atoms with Crippen LogP contribution >= 0.6 is 11.8 Å². The normalized spacial score (nSPS) is 11.7. The number of guanidine groups is 1. The minimum Gasteiger partial charge on any atom is -0.466 e. The van der Waals surface area contributed by atoms with E-state index in [2.05, 4.69) is 27.9 Å². The average molecular weight is 283 g/mol. The van der Waals surface area contributed by atoms with Gasteiger partial charge in [0.15, 0.2) is 5.96 Å². The van der Waals surface area contributed by atoms with Gasteiger partial charge in [0.25, 0.3) is 0 Å². The van der Waals surface area contributed by atoms with Gasteiger partial charge in [0.05, 0.1) is 0 Å². The van der Waals surface area contributed by atoms with Crippen molar-refractivity contribution in [3.63, 3.8) is 0 Å². The minimum atomic E-state index is 0.744. The maximum atomic E-state index is 5.50. The van der Waals surface area contributed by atoms with Crippen LogP contribution in [0.5, 0.6) is 0 Å². The van der Waals surface area contributed by atoms with Crippen molar-refractivity contribution in [1.82, 2.24) is 10.6 Å². The molecule has 1 aromatic heterocycles. The first-order valence-electron chi connectivity index (χ1n) is 6.66. The third kappa shape index (κ3) is 6.05. The van der Waals surface area contributed by atoms with E-state index in [1.807, 2.05) is 25.6 Å². The topological polar surface area (TPSA) is 49.6 Å². The molecular formula is C14H25N3OS. The van der Waals surface area contributed by atoms with E-state index in [4.69, 9.17) is 4.42 Å². The summed E-state index contributed by atoms with van der Waals surface area (Å²) in [6.45, 7) is 5.66. The molecule has 0 radical (unpaired) electrons. The maximum absolute atomic E-state index is 5.50. The number of aliphatic imine (C=N–C) groups is 1. The molecule has 1 rings (SSSR count). The average Bonchev–Trinajstić information content (AvgIpc) is 2.71. The molecule has 0 aliphatic rings. The van der Waals surface area contributed by atoms with E-state index in [9.17, 15) is 0 Å². The minimum absolute atomic E-state index is 0.744. The van der Waals surface area contributed by atoms with Gasteiger partial charge in [-0.15, -0.1) is 0 Å². The predicted molar refractivity (Wildman–Crippen MR) is 84.0 cm³/mol. The Morgan fingerprint density at radius 3 is 2.68 bits per heavy atom. The van der Waals surface area contributed by atoms with Crippen molar-refractivity contribution >= 4 is 17.7 Å². The molecule has 1 aromatic rings. The molecule has 2 N–H and O–H groups in total. The molecule has 5 heteroatoms. The summed E-state index contributed by atoms with van der Waals surface area (Å²) in [5.74, 6) is 4.00. The quantitative estimate of drug-likeness (QED) is 0.459. The van der Waals surface area contributed by atoms with Crippen molar-refractivity contribution in [2.45, 2.75) is 33.2 Å². The van der Waals surface area contributed by atoms with E-state index in [1.165, 1.54) is 24.2 Å². The lowest BCUT2D eigenvalue weighted by atomic mass is 10.2. The second kappa shape index (κ2) is 8.91. The third-order valence-corrected chi connectivity index (χ3v) is 3.58. The molecule has 0 saturated carbocycles. The first kappa shape index (κ1) is 16.0. The fourth-order valence-corrected chi connectivity index (χ4v) is 2.33. The van der Waals surface area contributed by atoms with Gasteiger partial charge in [-0.3, -0.25) is 4.99 Å². The molecule has 1 heterocycles. The van der Waals surface area contributed by atoms with Crippen LogP contribution in [0.1, 0.15) is 29.9 Å². The molecule has 0 atom stereocenters. The Hall–Kier alpha value is -1.10. The van der Waals surface area contributed by atoms with E-state index in [1.54, 1.807) is 7.05 Å². The number of rotatable bonds is 7. The summed E-state index contributed by atoms with van der Waals surface area (Å²) in [4.78, 5) is 4.22. The molecule has 0 amide bonds. The predicted octanol–water partition coefficient (Wildman–Crippen LogP) is 2.70. The smallest absolute Gasteiger partial charge is 0.191 e. The van der Waals surface area contributed by atoms with Crippen molar-refractivity contribution in [2.75, 3.05) is 25.6 Å². The third-order valence-electron chi connectivity index (χ3n) is 2.88. The summed E-state index contributed by atoms with van der Waals surface area (Å²) >= 11 is 1.89. The number of hydrogen-bond acceptors (Lipinski definition) is 3. The van der Waals surface area contributed by atoms with Crippen molar-refractivity contribution in [1.29, 1.82) is 0 Å². The number of furan rings is 1. The number of aryl methyl sites for hydroxylation is 2. The number of unbranched alkanes of at least 4 members (excludes halogenated alkanes) is 1. The number of nitrogens with one attached hydrogen (secondary N) is 2. The van der Waals surface area contributed by atoms with E-state index < -0.39 is 0 Å². The Labute approximate surface area is 120 Å². The maximum Gasteiger partial charge on any atom is 0.191 e. The summed E-state index contributed by atoms with van der Waals surface area (Å²) in [5, 5.41) is 6.63. The Balaban J connectivity index is 2.27. The Morgan fingerprint density at radius 2 is 2.11 bits per heavy atom. The van der Waals surface area contributed by atoms with Gasteiger partial charge in [-0.05, 0) is 44.8 Å². The second-order valence-electron chi connectivity index (χ2n) is 4.49. The molecule has 0 saturated heterocycles. The number of nitrogens with zero attached hydrogens (tertiary/aromatic N) is 1. The van der Waals surface area contributed by atoms with Gasteiger partial charge >= 0.3 is 0 Å². The van der Waals surface area contributed by atoms with Crippen molar-refractivity contribution in [2.24, 2.45) is 4.99 Å². The monoisotopic (exact) mass is 283 g/mol. The standard InChI is InChI=1S/C14H25N3OS/c1-11-9-13(12(2)18-11)10-17-14(15-3)16-7-5-6-8-19-4/h9H,5-8,10H2,1-4H3,(H2,15,16,17). The molecule has 0 aliphatic heterocycles. The zero-order valence-corrected chi connectivity index (χ0v) is 13.2. The van der Waals surface area contributed by atoms with Gasteiger partial charge in [0, 0.05) is 25.7 Å². The summed E-state index contributed by atoms with van der Waals surface area (Å²) < 4.78 is 5.50. The number of thioether (sulfide) groups is 1. The number of hydrogen-bond donors (Lipinski definition) is 2. The highest BCUT2D eigenvalue weighted by atomic mass is 32.2. The SMILES string of the molecule is CN=C(NCCCCSC)NCc1cc(C)oc1C. The summed E-state index contributed by atoms with van der Waals surface area (Å²) in [7, 11) is 1.80. The van der Waals surface area contributed by atoms with Gasteiger partial charge in [-0.2, -0.15) is 11.8 Å². The Kier molecular flexibility index (Phi) is 7.48. The van der Waals surface area contributed by atoms with E-state index >= 15 is 0 Å². The highest BCUT2D eigenvalue weighted by molar-refractivity contribution is 7.98. The van der Waals surface area contributed by atoms with Crippen molar-refractivity contribution < 1.29 is 4.42 Å². The van der Waals surface area contributed by atoms with Crippen LogP contribution in [-0.2, 0) is 6.54 Å². The van der Waals surface area contributed by atoms with E-state index in [0.717, 1.165) is 30.6 Å². The molecule has 0 fully saturated rings. The van der Waals surface area contributed by atoms with Gasteiger partial charge in [-0.1, -0.05) is 0 Å². The van der Waals surface area contributed by atoms with Crippen LogP contribution in [0.25, 0.3) is 0 Å². The lowest BCUT2D eigenvalue weighted by Gasteiger charge is -2.11. The van der Waals surface area contributed by atoms with Crippen LogP contribution in [0.3, 0.4) is 0 Å². The van der Waals surface area contributed by atoms with E-state index in [-0.39, 0.29) is 0 Å². The van der Waals surface area contributed by atoms with Crippen LogP contribution in [0, 0.1) is 13.8 Å². The highest BCUT2D eigenvalue weighted by Crippen LogP contribution is 2.12. The zero-order chi connectivity index (χ0) is 14.1. The largest absolute Gasteiger partial charge is 0.466 e. The first-order valence-corrected chi connectivity index (χ1v) is 8.06. The molecule has 4 nitrogen and oxygen atoms in total. The highest BCUT2D eigenvalue weighted by Gasteiger charge is 2.05. The molecule has 0 spiro atoms. The molecule has 0 bridgehead atoms. The lowest BCUT2D eigenvalue weighted by Crippen LogP contribution is -2.37. The van der Waals surface area contributed by atoms with Gasteiger partial charge < -0.3 is 15.1 Å². The van der Waals surface area contributed by atoms with Crippen molar-refractivity contribution in [3.8, 4) is 0 Å². The van der Waals surface area contributed by atoms with Crippen molar-refractivity contribution in [3.05, 3.63) is 23.2 Å². The fraction of sp³-hybridized carbons (Fsp3) is 0.643. The summed E-state index contributed by atoms with van der Waals surface area (Å²) in [6.07, 6.45) is 4.56. The summed E-state index contributed by atoms with van der Waals surface area (Å²) in [5.41, 5.74) is 1.18. The first-order chi connectivity index (χ1) is 9.17. The summed E-state index contributed by atoms with van der Waals surface area (Å²) in [6, 6.07) is 2.06. The van der Waals surface area contributed by atoms with Crippen LogP contribution in [0.4, 0.5) is 0 Å². The molecule has 108 valence electrons. The molecule has 0 unspecified atom stereocenters. The lowest BCUT2D eigenvalue weighted by molar-refractivity contribution is 0.500. The van der Waals surface area contributed by atoms with Crippen LogP contribution in [0.15, 0.2) is 15.5 Å². The van der Waals surface area contributed by atoms with Crippen LogP contribution in [0.2, 0.25) is 0 Å². The molecule has 0 aliphatic carbocycles. The van der Waals surface area contributed by atoms with Gasteiger partial charge in [0.1, 0.15) is 11.5 Å². The van der Waals surface area contributed by atoms with Gasteiger partial charge in [0.2, 0.25) is 0 Å². The molecular weight excluding hydrogens is 258 g/mol. The Bertz CT molecular complexity index is 401. The zero-order valence-electron chi connectivity index (χ0n) is 12.4.